The molecule has 1 unspecified atom stereocenters. The van der Waals surface area contributed by atoms with Crippen LogP contribution in [0.25, 0.3) is 11.2 Å². The van der Waals surface area contributed by atoms with Gasteiger partial charge >= 0.3 is 11.9 Å². The minimum absolute atomic E-state index is 0.0973. The summed E-state index contributed by atoms with van der Waals surface area (Å²) in [5.74, 6) is -2.41. The summed E-state index contributed by atoms with van der Waals surface area (Å²) in [6.07, 6.45) is -0.0744. The molecule has 0 saturated carbocycles. The minimum Gasteiger partial charge on any atom is -0.479 e. The van der Waals surface area contributed by atoms with Gasteiger partial charge in [0.2, 0.25) is 5.28 Å². The maximum absolute atomic E-state index is 13.1. The van der Waals surface area contributed by atoms with Gasteiger partial charge in [-0.15, -0.1) is 0 Å². The Morgan fingerprint density at radius 2 is 1.89 bits per heavy atom. The second-order valence-corrected chi connectivity index (χ2v) is 11.1. The second kappa shape index (κ2) is 13.5. The lowest BCUT2D eigenvalue weighted by Crippen LogP contribution is -2.56. The van der Waals surface area contributed by atoms with Crippen molar-refractivity contribution in [3.8, 4) is 0 Å². The zero-order chi connectivity index (χ0) is 33.1. The lowest BCUT2D eigenvalue weighted by atomic mass is 9.85. The number of carboxylic acid groups (broad SMARTS) is 1. The number of carbonyl (C=O) groups excluding carboxylic acids is 1. The molecule has 0 spiro atoms. The fraction of sp³-hybridized carbons (Fsp3) is 0.355. The first kappa shape index (κ1) is 32.9. The van der Waals surface area contributed by atoms with Gasteiger partial charge in [0, 0.05) is 25.4 Å². The molecular formula is C31H33ClN6O8. The van der Waals surface area contributed by atoms with Gasteiger partial charge in [-0.2, -0.15) is 9.97 Å². The third-order valence-corrected chi connectivity index (χ3v) is 7.97. The molecule has 1 aliphatic heterocycles. The maximum atomic E-state index is 13.1. The Morgan fingerprint density at radius 3 is 2.54 bits per heavy atom. The van der Waals surface area contributed by atoms with E-state index in [0.717, 1.165) is 5.56 Å². The first-order valence-corrected chi connectivity index (χ1v) is 14.7. The number of fused-ring (bicyclic) bond motifs is 1. The monoisotopic (exact) mass is 652 g/mol. The SMILES string of the molecule is C=C(C)[C@@]1(O)[C@@H](COC(Cc2ccccc2)(C(=O)O)C(=O)OCC)O[C@@H](n2cnc3c(NCc4ccncc4)nc(Cl)nc32)[C@@H]1O. The van der Waals surface area contributed by atoms with Crippen LogP contribution in [0.3, 0.4) is 0 Å². The largest absolute Gasteiger partial charge is 0.479 e. The van der Waals surface area contributed by atoms with Crippen LogP contribution < -0.4 is 5.32 Å². The molecule has 1 aromatic carbocycles. The highest BCUT2D eigenvalue weighted by Gasteiger charge is 2.59. The summed E-state index contributed by atoms with van der Waals surface area (Å²) in [4.78, 5) is 42.8. The molecule has 242 valence electrons. The Hall–Kier alpha value is -4.47. The molecular weight excluding hydrogens is 620 g/mol. The van der Waals surface area contributed by atoms with Gasteiger partial charge < -0.3 is 34.8 Å². The van der Waals surface area contributed by atoms with Crippen molar-refractivity contribution < 1.29 is 39.1 Å². The van der Waals surface area contributed by atoms with E-state index in [1.165, 1.54) is 17.8 Å². The number of carboxylic acids is 1. The highest BCUT2D eigenvalue weighted by Crippen LogP contribution is 2.43. The predicted molar refractivity (Wildman–Crippen MR) is 165 cm³/mol. The Labute approximate surface area is 268 Å². The summed E-state index contributed by atoms with van der Waals surface area (Å²) in [5.41, 5.74) is -2.62. The smallest absolute Gasteiger partial charge is 0.350 e. The highest BCUT2D eigenvalue weighted by molar-refractivity contribution is 6.28. The summed E-state index contributed by atoms with van der Waals surface area (Å²) in [6.45, 7) is 6.50. The number of carbonyl (C=O) groups is 2. The number of aliphatic carboxylic acids is 1. The van der Waals surface area contributed by atoms with E-state index in [1.807, 2.05) is 12.1 Å². The van der Waals surface area contributed by atoms with Crippen molar-refractivity contribution in [2.75, 3.05) is 18.5 Å². The molecule has 3 aromatic heterocycles. The van der Waals surface area contributed by atoms with Gasteiger partial charge in [0.15, 0.2) is 23.2 Å². The number of aromatic nitrogens is 5. The van der Waals surface area contributed by atoms with Gasteiger partial charge in [0.05, 0.1) is 19.5 Å². The van der Waals surface area contributed by atoms with Crippen LogP contribution in [0.4, 0.5) is 5.82 Å². The van der Waals surface area contributed by atoms with Crippen molar-refractivity contribution in [3.63, 3.8) is 0 Å². The van der Waals surface area contributed by atoms with Gasteiger partial charge in [0.25, 0.3) is 5.60 Å². The van der Waals surface area contributed by atoms with E-state index >= 15 is 0 Å². The number of esters is 1. The molecule has 15 heteroatoms. The van der Waals surface area contributed by atoms with Crippen LogP contribution >= 0.6 is 11.6 Å². The molecule has 0 bridgehead atoms. The van der Waals surface area contributed by atoms with E-state index in [2.05, 4.69) is 31.8 Å². The van der Waals surface area contributed by atoms with Gasteiger partial charge in [-0.05, 0) is 54.3 Å². The van der Waals surface area contributed by atoms with Crippen molar-refractivity contribution in [2.24, 2.45) is 0 Å². The van der Waals surface area contributed by atoms with E-state index < -0.39 is 48.2 Å². The first-order valence-electron chi connectivity index (χ1n) is 14.3. The molecule has 0 aliphatic carbocycles. The van der Waals surface area contributed by atoms with Crippen LogP contribution in [0.15, 0.2) is 73.3 Å². The Bertz CT molecular complexity index is 1720. The number of halogens is 1. The Morgan fingerprint density at radius 1 is 1.17 bits per heavy atom. The van der Waals surface area contributed by atoms with Crippen LogP contribution in [0.5, 0.6) is 0 Å². The second-order valence-electron chi connectivity index (χ2n) is 10.8. The van der Waals surface area contributed by atoms with Crippen LogP contribution in [0.1, 0.15) is 31.2 Å². The number of nitrogens with one attached hydrogen (secondary N) is 1. The first-order chi connectivity index (χ1) is 22.0. The lowest BCUT2D eigenvalue weighted by molar-refractivity contribution is -0.195. The van der Waals surface area contributed by atoms with Gasteiger partial charge in [-0.3, -0.25) is 9.55 Å². The fourth-order valence-electron chi connectivity index (χ4n) is 5.31. The third kappa shape index (κ3) is 6.17. The molecule has 0 radical (unpaired) electrons. The lowest BCUT2D eigenvalue weighted by Gasteiger charge is -2.34. The van der Waals surface area contributed by atoms with Crippen molar-refractivity contribution in [1.82, 2.24) is 24.5 Å². The summed E-state index contributed by atoms with van der Waals surface area (Å²) >= 11 is 6.26. The number of aliphatic hydroxyl groups is 2. The van der Waals surface area contributed by atoms with Crippen LogP contribution in [0, 0.1) is 0 Å². The molecule has 5 rings (SSSR count). The summed E-state index contributed by atoms with van der Waals surface area (Å²) < 4.78 is 18.5. The third-order valence-electron chi connectivity index (χ3n) is 7.80. The summed E-state index contributed by atoms with van der Waals surface area (Å²) in [5, 5.41) is 36.6. The minimum atomic E-state index is -2.49. The van der Waals surface area contributed by atoms with Crippen LogP contribution in [0.2, 0.25) is 5.28 Å². The van der Waals surface area contributed by atoms with E-state index in [0.29, 0.717) is 23.4 Å². The van der Waals surface area contributed by atoms with Crippen molar-refractivity contribution in [1.29, 1.82) is 0 Å². The molecule has 0 amide bonds. The number of benzene rings is 1. The number of ether oxygens (including phenoxy) is 3. The average Bonchev–Trinajstić information content (AvgIpc) is 3.57. The molecule has 1 saturated heterocycles. The standard InChI is InChI=1S/C31H33ClN6O8/c1-4-44-28(42)30(27(40)41,14-19-8-6-5-7-9-19)45-16-21-31(43,18(2)3)23(39)26(46-21)38-17-35-22-24(36-29(32)37-25(22)38)34-15-20-10-12-33-13-11-20/h5-13,17,21,23,26,39,43H,2,4,14-16H2,1,3H3,(H,40,41)(H,34,36,37)/t21-,23+,26-,30?,31-/m1/s1. The number of imidazole rings is 1. The van der Waals surface area contributed by atoms with Crippen LogP contribution in [-0.2, 0) is 36.8 Å². The van der Waals surface area contributed by atoms with E-state index in [1.54, 1.807) is 49.6 Å². The Balaban J connectivity index is 1.46. The highest BCUT2D eigenvalue weighted by atomic mass is 35.5. The number of hydrogen-bond acceptors (Lipinski definition) is 12. The van der Waals surface area contributed by atoms with E-state index in [9.17, 15) is 24.9 Å². The average molecular weight is 653 g/mol. The van der Waals surface area contributed by atoms with Gasteiger partial charge in [-0.25, -0.2) is 14.6 Å². The van der Waals surface area contributed by atoms with Crippen molar-refractivity contribution >= 4 is 40.5 Å². The fourth-order valence-corrected chi connectivity index (χ4v) is 5.47. The van der Waals surface area contributed by atoms with Crippen molar-refractivity contribution in [3.05, 3.63) is 89.7 Å². The number of nitrogens with zero attached hydrogens (tertiary/aromatic N) is 5. The predicted octanol–water partition coefficient (Wildman–Crippen LogP) is 2.70. The molecule has 46 heavy (non-hydrogen) atoms. The number of pyridine rings is 1. The van der Waals surface area contributed by atoms with Gasteiger partial charge in [-0.1, -0.05) is 36.9 Å². The summed E-state index contributed by atoms with van der Waals surface area (Å²) in [6, 6.07) is 12.1. The quantitative estimate of drug-likeness (QED) is 0.0714. The zero-order valence-corrected chi connectivity index (χ0v) is 25.8. The number of aliphatic hydroxyl groups excluding tert-OH is 1. The van der Waals surface area contributed by atoms with E-state index in [-0.39, 0.29) is 29.5 Å². The molecule has 4 heterocycles. The van der Waals surface area contributed by atoms with Crippen LogP contribution in [-0.4, -0.2) is 88.4 Å². The molecule has 14 nitrogen and oxygen atoms in total. The summed E-state index contributed by atoms with van der Waals surface area (Å²) in [7, 11) is 0. The molecule has 4 aromatic rings. The number of anilines is 1. The zero-order valence-electron chi connectivity index (χ0n) is 25.0. The molecule has 1 aliphatic rings. The topological polar surface area (TPSA) is 191 Å². The Kier molecular flexibility index (Phi) is 9.65. The van der Waals surface area contributed by atoms with E-state index in [4.69, 9.17) is 25.8 Å². The molecule has 4 N–H and O–H groups in total. The number of rotatable bonds is 13. The number of hydrogen-bond donors (Lipinski definition) is 4. The van der Waals surface area contributed by atoms with Gasteiger partial charge in [0.1, 0.15) is 17.8 Å². The molecule has 1 fully saturated rings. The van der Waals surface area contributed by atoms with Crippen molar-refractivity contribution in [2.45, 2.75) is 56.5 Å². The maximum Gasteiger partial charge on any atom is 0.350 e. The normalized spacial score (nSPS) is 22.3. The molecule has 5 atom stereocenters.